The molecular weight excluding hydrogens is 272 g/mol. The van der Waals surface area contributed by atoms with Crippen LogP contribution in [-0.4, -0.2) is 19.3 Å². The van der Waals surface area contributed by atoms with Gasteiger partial charge in [-0.1, -0.05) is 80.5 Å². The minimum atomic E-state index is -1.79. The molecule has 1 aromatic rings. The summed E-state index contributed by atoms with van der Waals surface area (Å²) in [6.07, 6.45) is 4.36. The highest BCUT2D eigenvalue weighted by Crippen LogP contribution is 2.35. The molecule has 116 valence electrons. The van der Waals surface area contributed by atoms with Crippen molar-refractivity contribution in [1.29, 1.82) is 0 Å². The lowest BCUT2D eigenvalue weighted by molar-refractivity contribution is 0.154. The fourth-order valence-electron chi connectivity index (χ4n) is 3.47. The Morgan fingerprint density at radius 1 is 1.10 bits per heavy atom. The van der Waals surface area contributed by atoms with Crippen LogP contribution >= 0.6 is 0 Å². The van der Waals surface area contributed by atoms with Gasteiger partial charge in [0.05, 0.1) is 14.2 Å². The van der Waals surface area contributed by atoms with Gasteiger partial charge in [-0.05, 0) is 12.3 Å². The van der Waals surface area contributed by atoms with Gasteiger partial charge < -0.3 is 5.11 Å². The lowest BCUT2D eigenvalue weighted by atomic mass is 10.0. The molecule has 0 aliphatic heterocycles. The number of aliphatic hydroxyl groups is 1. The number of allylic oxidation sites excluding steroid dienone is 1. The molecule has 0 aliphatic carbocycles. The van der Waals surface area contributed by atoms with E-state index >= 15 is 0 Å². The van der Waals surface area contributed by atoms with E-state index in [2.05, 4.69) is 64.3 Å². The molecule has 1 N–H and O–H groups in total. The molecule has 1 nitrogen and oxygen atoms in total. The van der Waals surface area contributed by atoms with E-state index in [9.17, 15) is 5.11 Å². The number of hydrogen-bond donors (Lipinski definition) is 1. The highest BCUT2D eigenvalue weighted by Gasteiger charge is 2.41. The third kappa shape index (κ3) is 3.95. The third-order valence-corrected chi connectivity index (χ3v) is 10.8. The van der Waals surface area contributed by atoms with Gasteiger partial charge in [0.25, 0.3) is 0 Å². The first-order chi connectivity index (χ1) is 10.1. The predicted octanol–water partition coefficient (Wildman–Crippen LogP) is 4.51. The molecule has 21 heavy (non-hydrogen) atoms. The summed E-state index contributed by atoms with van der Waals surface area (Å²) in [5.41, 5.74) is 0.192. The molecule has 1 aromatic carbocycles. The first-order valence-corrected chi connectivity index (χ1v) is 10.5. The average molecular weight is 303 g/mol. The van der Waals surface area contributed by atoms with E-state index in [1.54, 1.807) is 0 Å². The van der Waals surface area contributed by atoms with Crippen molar-refractivity contribution in [1.82, 2.24) is 0 Å². The molecule has 0 aliphatic rings. The Bertz CT molecular complexity index is 436. The molecule has 0 radical (unpaired) electrons. The molecule has 2 heteroatoms. The van der Waals surface area contributed by atoms with Crippen molar-refractivity contribution in [3.05, 3.63) is 55.6 Å². The molecule has 0 fully saturated rings. The van der Waals surface area contributed by atoms with Gasteiger partial charge in [-0.3, -0.25) is 0 Å². The molecule has 0 saturated heterocycles. The van der Waals surface area contributed by atoms with Crippen LogP contribution in [0, 0.1) is 5.92 Å². The zero-order valence-corrected chi connectivity index (χ0v) is 14.8. The van der Waals surface area contributed by atoms with E-state index < -0.39 is 8.07 Å². The monoisotopic (exact) mass is 302 g/mol. The summed E-state index contributed by atoms with van der Waals surface area (Å²) in [4.78, 5) is 0. The standard InChI is InChI=1S/C19H30OSi/c1-6-16(5)15-18(20)19(7-2)21(8-3,9-4)17-13-11-10-12-14-17/h6-7,10-14,16,18-20H,1-2,8-9,15H2,3-5H3/t16?,18-,19-/m0/s1. The fraction of sp³-hybridized carbons (Fsp3) is 0.474. The average Bonchev–Trinajstić information content (AvgIpc) is 2.53. The predicted molar refractivity (Wildman–Crippen MR) is 96.7 cm³/mol. The Morgan fingerprint density at radius 3 is 2.10 bits per heavy atom. The van der Waals surface area contributed by atoms with Crippen LogP contribution in [0.15, 0.2) is 55.6 Å². The molecule has 0 heterocycles. The number of aliphatic hydroxyl groups excluding tert-OH is 1. The largest absolute Gasteiger partial charge is 0.393 e. The number of hydrogen-bond acceptors (Lipinski definition) is 1. The maximum Gasteiger partial charge on any atom is 0.0956 e. The first kappa shape index (κ1) is 17.9. The highest BCUT2D eigenvalue weighted by molar-refractivity contribution is 6.93. The second-order valence-corrected chi connectivity index (χ2v) is 11.0. The summed E-state index contributed by atoms with van der Waals surface area (Å²) in [7, 11) is -1.79. The summed E-state index contributed by atoms with van der Waals surface area (Å²) in [6, 6.07) is 13.0. The van der Waals surface area contributed by atoms with Gasteiger partial charge in [-0.2, -0.15) is 0 Å². The Balaban J connectivity index is 3.17. The van der Waals surface area contributed by atoms with Crippen LogP contribution in [0.2, 0.25) is 17.6 Å². The lowest BCUT2D eigenvalue weighted by Crippen LogP contribution is -2.53. The molecule has 0 amide bonds. The maximum atomic E-state index is 10.8. The van der Waals surface area contributed by atoms with E-state index in [1.807, 2.05) is 12.2 Å². The first-order valence-electron chi connectivity index (χ1n) is 8.04. The normalized spacial score (nSPS) is 16.0. The van der Waals surface area contributed by atoms with Crippen LogP contribution < -0.4 is 5.19 Å². The number of rotatable bonds is 9. The van der Waals surface area contributed by atoms with Crippen LogP contribution in [0.1, 0.15) is 27.2 Å². The van der Waals surface area contributed by atoms with Gasteiger partial charge in [0.2, 0.25) is 0 Å². The minimum absolute atomic E-state index is 0.192. The fourth-order valence-corrected chi connectivity index (χ4v) is 8.29. The topological polar surface area (TPSA) is 20.2 Å². The van der Waals surface area contributed by atoms with Gasteiger partial charge in [0, 0.05) is 5.54 Å². The molecule has 1 rings (SSSR count). The van der Waals surface area contributed by atoms with Crippen molar-refractivity contribution >= 4 is 13.3 Å². The third-order valence-electron chi connectivity index (χ3n) is 4.93. The van der Waals surface area contributed by atoms with Crippen molar-refractivity contribution in [2.24, 2.45) is 5.92 Å². The van der Waals surface area contributed by atoms with Crippen LogP contribution in [0.25, 0.3) is 0 Å². The Hall–Kier alpha value is -1.12. The second kappa shape index (κ2) is 8.35. The molecule has 0 spiro atoms. The van der Waals surface area contributed by atoms with Gasteiger partial charge in [0.1, 0.15) is 0 Å². The van der Waals surface area contributed by atoms with E-state index in [-0.39, 0.29) is 11.6 Å². The summed E-state index contributed by atoms with van der Waals surface area (Å²) >= 11 is 0. The van der Waals surface area contributed by atoms with Gasteiger partial charge in [0.15, 0.2) is 0 Å². The van der Waals surface area contributed by atoms with Crippen molar-refractivity contribution < 1.29 is 5.11 Å². The summed E-state index contributed by atoms with van der Waals surface area (Å²) < 4.78 is 0. The maximum absolute atomic E-state index is 10.8. The Morgan fingerprint density at radius 2 is 1.67 bits per heavy atom. The molecule has 0 saturated carbocycles. The zero-order chi connectivity index (χ0) is 15.9. The zero-order valence-electron chi connectivity index (χ0n) is 13.8. The molecule has 0 bridgehead atoms. The van der Waals surface area contributed by atoms with Gasteiger partial charge >= 0.3 is 0 Å². The van der Waals surface area contributed by atoms with Crippen LogP contribution in [0.4, 0.5) is 0 Å². The lowest BCUT2D eigenvalue weighted by Gasteiger charge is -2.39. The second-order valence-electron chi connectivity index (χ2n) is 6.01. The van der Waals surface area contributed by atoms with Gasteiger partial charge in [-0.15, -0.1) is 13.2 Å². The van der Waals surface area contributed by atoms with Crippen molar-refractivity contribution in [2.45, 2.75) is 50.9 Å². The van der Waals surface area contributed by atoms with Crippen LogP contribution in [0.3, 0.4) is 0 Å². The minimum Gasteiger partial charge on any atom is -0.393 e. The smallest absolute Gasteiger partial charge is 0.0956 e. The van der Waals surface area contributed by atoms with E-state index in [4.69, 9.17) is 0 Å². The van der Waals surface area contributed by atoms with E-state index in [0.717, 1.165) is 18.5 Å². The molecule has 1 unspecified atom stereocenters. The van der Waals surface area contributed by atoms with Crippen molar-refractivity contribution in [2.75, 3.05) is 0 Å². The summed E-state index contributed by atoms with van der Waals surface area (Å²) in [6.45, 7) is 14.5. The van der Waals surface area contributed by atoms with E-state index in [0.29, 0.717) is 5.92 Å². The van der Waals surface area contributed by atoms with Crippen LogP contribution in [-0.2, 0) is 0 Å². The number of benzene rings is 1. The molecule has 0 aromatic heterocycles. The SMILES string of the molecule is C=CC(C)C[C@H](O)[C@H](C=C)[Si](CC)(CC)c1ccccc1. The van der Waals surface area contributed by atoms with E-state index in [1.165, 1.54) is 5.19 Å². The van der Waals surface area contributed by atoms with Crippen LogP contribution in [0.5, 0.6) is 0 Å². The summed E-state index contributed by atoms with van der Waals surface area (Å²) in [5, 5.41) is 12.2. The van der Waals surface area contributed by atoms with Crippen molar-refractivity contribution in [3.8, 4) is 0 Å². The summed E-state index contributed by atoms with van der Waals surface area (Å²) in [5.74, 6) is 0.332. The Kier molecular flexibility index (Phi) is 7.13. The van der Waals surface area contributed by atoms with Gasteiger partial charge in [-0.25, -0.2) is 0 Å². The van der Waals surface area contributed by atoms with Crippen molar-refractivity contribution in [3.63, 3.8) is 0 Å². The highest BCUT2D eigenvalue weighted by atomic mass is 28.3. The Labute approximate surface area is 131 Å². The molecular formula is C19H30OSi. The molecule has 3 atom stereocenters. The quantitative estimate of drug-likeness (QED) is 0.525.